The second-order valence-corrected chi connectivity index (χ2v) is 9.62. The zero-order valence-electron chi connectivity index (χ0n) is 19.0. The van der Waals surface area contributed by atoms with Crippen LogP contribution in [0.4, 0.5) is 0 Å². The first-order valence-corrected chi connectivity index (χ1v) is 11.5. The van der Waals surface area contributed by atoms with Gasteiger partial charge in [-0.1, -0.05) is 39.8 Å². The highest BCUT2D eigenvalue weighted by Gasteiger charge is 2.23. The molecule has 0 aliphatic carbocycles. The molecule has 1 aromatic carbocycles. The van der Waals surface area contributed by atoms with E-state index in [9.17, 15) is 9.90 Å². The number of ether oxygens (including phenoxy) is 1. The first-order chi connectivity index (χ1) is 14.3. The summed E-state index contributed by atoms with van der Waals surface area (Å²) in [5.74, 6) is 1.44. The third-order valence-electron chi connectivity index (χ3n) is 5.30. The van der Waals surface area contributed by atoms with Crippen LogP contribution in [0, 0.1) is 5.92 Å². The molecule has 30 heavy (non-hydrogen) atoms. The molecule has 0 saturated carbocycles. The molecule has 0 radical (unpaired) electrons. The molecule has 6 heteroatoms. The molecule has 166 valence electrons. The Bertz CT molecular complexity index is 766. The van der Waals surface area contributed by atoms with Crippen LogP contribution in [0.1, 0.15) is 62.4 Å². The lowest BCUT2D eigenvalue weighted by Crippen LogP contribution is -2.37. The van der Waals surface area contributed by atoms with Crippen molar-refractivity contribution in [2.45, 2.75) is 57.9 Å². The van der Waals surface area contributed by atoms with Crippen molar-refractivity contribution in [3.63, 3.8) is 0 Å². The van der Waals surface area contributed by atoms with Gasteiger partial charge in [0.1, 0.15) is 5.75 Å². The van der Waals surface area contributed by atoms with E-state index < -0.39 is 0 Å². The Balaban J connectivity index is 2.25. The maximum absolute atomic E-state index is 13.3. The Labute approximate surface area is 185 Å². The third kappa shape index (κ3) is 6.54. The van der Waals surface area contributed by atoms with E-state index in [4.69, 9.17) is 4.74 Å². The standard InChI is InChI=1S/C24H36N2O3S/c1-16(2)11-20(12-18(15-27)13-23-25-9-10-30-23)26(5)24(28)19-7-8-21(17(3)4)22(14-19)29-6/h7-10,12,14,16-17,20,23,25,27H,11,13,15H2,1-6H3/b18-12+/t20?,23-/m1/s1. The number of hydrogen-bond donors (Lipinski definition) is 2. The molecule has 2 rings (SSSR count). The number of benzene rings is 1. The summed E-state index contributed by atoms with van der Waals surface area (Å²) in [5, 5.41) is 15.4. The molecular formula is C24H36N2O3S. The molecule has 0 bridgehead atoms. The molecule has 1 aliphatic heterocycles. The number of thioether (sulfide) groups is 1. The Morgan fingerprint density at radius 3 is 2.60 bits per heavy atom. The maximum Gasteiger partial charge on any atom is 0.254 e. The fourth-order valence-corrected chi connectivity index (χ4v) is 4.43. The SMILES string of the molecule is COc1cc(C(=O)N(C)C(/C=C(/CO)C[C@@H]2NC=CS2)CC(C)C)ccc1C(C)C. The van der Waals surface area contributed by atoms with Crippen LogP contribution in [0.15, 0.2) is 41.5 Å². The van der Waals surface area contributed by atoms with Crippen LogP contribution in [0.5, 0.6) is 5.75 Å². The maximum atomic E-state index is 13.3. The lowest BCUT2D eigenvalue weighted by atomic mass is 9.97. The Kier molecular flexibility index (Phi) is 9.31. The summed E-state index contributed by atoms with van der Waals surface area (Å²) < 4.78 is 5.53. The highest BCUT2D eigenvalue weighted by Crippen LogP contribution is 2.29. The van der Waals surface area contributed by atoms with E-state index >= 15 is 0 Å². The van der Waals surface area contributed by atoms with Gasteiger partial charge in [0, 0.05) is 25.2 Å². The number of hydrogen-bond acceptors (Lipinski definition) is 5. The normalized spacial score (nSPS) is 17.4. The predicted octanol–water partition coefficient (Wildman–Crippen LogP) is 4.75. The third-order valence-corrected chi connectivity index (χ3v) is 6.23. The van der Waals surface area contributed by atoms with Crippen LogP contribution >= 0.6 is 11.8 Å². The number of nitrogens with zero attached hydrogens (tertiary/aromatic N) is 1. The average molecular weight is 433 g/mol. The van der Waals surface area contributed by atoms with Crippen molar-refractivity contribution in [1.29, 1.82) is 0 Å². The quantitative estimate of drug-likeness (QED) is 0.523. The summed E-state index contributed by atoms with van der Waals surface area (Å²) in [6, 6.07) is 5.61. The molecule has 1 amide bonds. The van der Waals surface area contributed by atoms with Crippen LogP contribution in [0.3, 0.4) is 0 Å². The van der Waals surface area contributed by atoms with E-state index in [0.717, 1.165) is 29.7 Å². The van der Waals surface area contributed by atoms with Crippen LogP contribution < -0.4 is 10.1 Å². The molecule has 1 aliphatic rings. The zero-order chi connectivity index (χ0) is 22.3. The second-order valence-electron chi connectivity index (χ2n) is 8.51. The molecular weight excluding hydrogens is 396 g/mol. The smallest absolute Gasteiger partial charge is 0.254 e. The van der Waals surface area contributed by atoms with Crippen molar-refractivity contribution in [3.8, 4) is 5.75 Å². The van der Waals surface area contributed by atoms with Crippen LogP contribution in [0.2, 0.25) is 0 Å². The lowest BCUT2D eigenvalue weighted by molar-refractivity contribution is 0.0746. The molecule has 5 nitrogen and oxygen atoms in total. The topological polar surface area (TPSA) is 61.8 Å². The molecule has 0 aromatic heterocycles. The summed E-state index contributed by atoms with van der Waals surface area (Å²) in [6.45, 7) is 8.51. The molecule has 0 fully saturated rings. The minimum absolute atomic E-state index is 0.00766. The van der Waals surface area contributed by atoms with Gasteiger partial charge in [-0.3, -0.25) is 4.79 Å². The summed E-state index contributed by atoms with van der Waals surface area (Å²) in [7, 11) is 3.48. The minimum Gasteiger partial charge on any atom is -0.496 e. The second kappa shape index (κ2) is 11.5. The average Bonchev–Trinajstić information content (AvgIpc) is 3.23. The Morgan fingerprint density at radius 1 is 1.33 bits per heavy atom. The zero-order valence-corrected chi connectivity index (χ0v) is 19.8. The monoisotopic (exact) mass is 432 g/mol. The van der Waals surface area contributed by atoms with Gasteiger partial charge < -0.3 is 20.1 Å². The molecule has 1 heterocycles. The van der Waals surface area contributed by atoms with Crippen molar-refractivity contribution in [2.24, 2.45) is 5.92 Å². The number of methoxy groups -OCH3 is 1. The largest absolute Gasteiger partial charge is 0.496 e. The van der Waals surface area contributed by atoms with E-state index in [1.807, 2.05) is 36.9 Å². The van der Waals surface area contributed by atoms with Crippen LogP contribution in [-0.4, -0.2) is 48.1 Å². The highest BCUT2D eigenvalue weighted by molar-refractivity contribution is 8.02. The number of rotatable bonds is 10. The van der Waals surface area contributed by atoms with Crippen molar-refractivity contribution in [2.75, 3.05) is 20.8 Å². The number of amides is 1. The van der Waals surface area contributed by atoms with Gasteiger partial charge in [-0.15, -0.1) is 11.8 Å². The van der Waals surface area contributed by atoms with Gasteiger partial charge in [-0.25, -0.2) is 0 Å². The number of aliphatic hydroxyl groups excluding tert-OH is 1. The summed E-state index contributed by atoms with van der Waals surface area (Å²) >= 11 is 1.71. The van der Waals surface area contributed by atoms with Crippen LogP contribution in [0.25, 0.3) is 0 Å². The Hall–Kier alpha value is -1.92. The van der Waals surface area contributed by atoms with E-state index in [-0.39, 0.29) is 23.9 Å². The van der Waals surface area contributed by atoms with E-state index in [1.54, 1.807) is 23.8 Å². The van der Waals surface area contributed by atoms with E-state index in [2.05, 4.69) is 39.1 Å². The van der Waals surface area contributed by atoms with Crippen LogP contribution in [-0.2, 0) is 0 Å². The first-order valence-electron chi connectivity index (χ1n) is 10.6. The molecule has 0 saturated heterocycles. The molecule has 1 aromatic rings. The summed E-state index contributed by atoms with van der Waals surface area (Å²) in [6.07, 6.45) is 5.57. The van der Waals surface area contributed by atoms with Crippen molar-refractivity contribution in [1.82, 2.24) is 10.2 Å². The number of carbonyl (C=O) groups excluding carboxylic acids is 1. The van der Waals surface area contributed by atoms with Crippen molar-refractivity contribution >= 4 is 17.7 Å². The van der Waals surface area contributed by atoms with Gasteiger partial charge in [0.15, 0.2) is 0 Å². The van der Waals surface area contributed by atoms with Crippen molar-refractivity contribution in [3.05, 3.63) is 52.6 Å². The van der Waals surface area contributed by atoms with Gasteiger partial charge in [0.05, 0.1) is 25.1 Å². The van der Waals surface area contributed by atoms with Gasteiger partial charge in [0.2, 0.25) is 0 Å². The first kappa shape index (κ1) is 24.4. The number of likely N-dealkylation sites (N-methyl/N-ethyl adjacent to an activating group) is 1. The van der Waals surface area contributed by atoms with Crippen molar-refractivity contribution < 1.29 is 14.6 Å². The fraction of sp³-hybridized carbons (Fsp3) is 0.542. The van der Waals surface area contributed by atoms with E-state index in [1.165, 1.54) is 0 Å². The van der Waals surface area contributed by atoms with E-state index in [0.29, 0.717) is 17.4 Å². The predicted molar refractivity (Wildman–Crippen MR) is 126 cm³/mol. The minimum atomic E-state index is -0.0882. The number of nitrogens with one attached hydrogen (secondary N) is 1. The fourth-order valence-electron chi connectivity index (χ4n) is 3.62. The van der Waals surface area contributed by atoms with Gasteiger partial charge in [-0.05, 0) is 46.9 Å². The van der Waals surface area contributed by atoms with Gasteiger partial charge in [-0.2, -0.15) is 0 Å². The highest BCUT2D eigenvalue weighted by atomic mass is 32.2. The summed E-state index contributed by atoms with van der Waals surface area (Å²) in [4.78, 5) is 15.1. The summed E-state index contributed by atoms with van der Waals surface area (Å²) in [5.41, 5.74) is 2.65. The van der Waals surface area contributed by atoms with Gasteiger partial charge in [0.25, 0.3) is 5.91 Å². The molecule has 2 N–H and O–H groups in total. The number of aliphatic hydroxyl groups is 1. The molecule has 2 atom stereocenters. The lowest BCUT2D eigenvalue weighted by Gasteiger charge is -2.29. The van der Waals surface area contributed by atoms with Gasteiger partial charge >= 0.3 is 0 Å². The molecule has 1 unspecified atom stereocenters. The Morgan fingerprint density at radius 2 is 2.07 bits per heavy atom. The number of carbonyl (C=O) groups is 1. The molecule has 0 spiro atoms.